The van der Waals surface area contributed by atoms with Crippen molar-refractivity contribution in [1.82, 2.24) is 5.32 Å². The SMILES string of the molecule is CCCCCCCCCCCCCCCCCCCC/C=C/CC/C=C/C(O)C(COC1OC(CO)C(O)C(O)C1O)NC(=O)CC. The van der Waals surface area contributed by atoms with Crippen LogP contribution in [0.5, 0.6) is 0 Å². The molecule has 1 aliphatic heterocycles. The molecule has 0 saturated carbocycles. The van der Waals surface area contributed by atoms with Gasteiger partial charge >= 0.3 is 0 Å². The Balaban J connectivity index is 2.10. The zero-order valence-electron chi connectivity index (χ0n) is 29.8. The molecule has 6 N–H and O–H groups in total. The number of allylic oxidation sites excluding steroid dienone is 3. The second-order valence-corrected chi connectivity index (χ2v) is 13.3. The van der Waals surface area contributed by atoms with Crippen molar-refractivity contribution in [3.63, 3.8) is 0 Å². The van der Waals surface area contributed by atoms with Crippen LogP contribution in [-0.4, -0.2) is 87.5 Å². The highest BCUT2D eigenvalue weighted by Crippen LogP contribution is 2.22. The molecular formula is C38H71NO8. The molecule has 7 unspecified atom stereocenters. The molecule has 1 amide bonds. The maximum absolute atomic E-state index is 12.0. The number of rotatable bonds is 30. The molecule has 0 aromatic rings. The van der Waals surface area contributed by atoms with E-state index in [0.717, 1.165) is 19.3 Å². The normalized spacial score (nSPS) is 23.1. The second kappa shape index (κ2) is 29.6. The zero-order chi connectivity index (χ0) is 34.5. The van der Waals surface area contributed by atoms with Crippen LogP contribution >= 0.6 is 0 Å². The fourth-order valence-corrected chi connectivity index (χ4v) is 5.90. The molecule has 0 aliphatic carbocycles. The number of aliphatic hydroxyl groups is 5. The number of nitrogens with one attached hydrogen (secondary N) is 1. The van der Waals surface area contributed by atoms with Crippen LogP contribution in [0.3, 0.4) is 0 Å². The van der Waals surface area contributed by atoms with Gasteiger partial charge in [0.05, 0.1) is 25.4 Å². The Hall–Kier alpha value is -1.33. The highest BCUT2D eigenvalue weighted by Gasteiger charge is 2.44. The highest BCUT2D eigenvalue weighted by molar-refractivity contribution is 5.75. The summed E-state index contributed by atoms with van der Waals surface area (Å²) in [7, 11) is 0. The average molecular weight is 670 g/mol. The number of carbonyl (C=O) groups excluding carboxylic acids is 1. The number of amides is 1. The Morgan fingerprint density at radius 1 is 0.702 bits per heavy atom. The van der Waals surface area contributed by atoms with E-state index in [1.807, 2.05) is 6.08 Å². The summed E-state index contributed by atoms with van der Waals surface area (Å²) in [6.07, 6.45) is 27.6. The van der Waals surface area contributed by atoms with E-state index < -0.39 is 49.5 Å². The van der Waals surface area contributed by atoms with Gasteiger partial charge in [0.15, 0.2) is 6.29 Å². The van der Waals surface area contributed by atoms with Crippen molar-refractivity contribution in [2.24, 2.45) is 0 Å². The van der Waals surface area contributed by atoms with Gasteiger partial charge in [-0.2, -0.15) is 0 Å². The van der Waals surface area contributed by atoms with Gasteiger partial charge in [-0.15, -0.1) is 0 Å². The Morgan fingerprint density at radius 3 is 1.70 bits per heavy atom. The van der Waals surface area contributed by atoms with Crippen LogP contribution < -0.4 is 5.32 Å². The Kier molecular flexibility index (Phi) is 27.5. The van der Waals surface area contributed by atoms with Gasteiger partial charge in [-0.3, -0.25) is 4.79 Å². The lowest BCUT2D eigenvalue weighted by molar-refractivity contribution is -0.302. The third kappa shape index (κ3) is 21.4. The lowest BCUT2D eigenvalue weighted by Crippen LogP contribution is -2.60. The van der Waals surface area contributed by atoms with E-state index in [1.54, 1.807) is 13.0 Å². The summed E-state index contributed by atoms with van der Waals surface area (Å²) in [5, 5.41) is 52.8. The summed E-state index contributed by atoms with van der Waals surface area (Å²) in [5.74, 6) is -0.276. The molecule has 0 radical (unpaired) electrons. The maximum atomic E-state index is 12.0. The van der Waals surface area contributed by atoms with Crippen LogP contribution in [0.1, 0.15) is 155 Å². The summed E-state index contributed by atoms with van der Waals surface area (Å²) in [5.41, 5.74) is 0. The molecule has 1 aliphatic rings. The van der Waals surface area contributed by atoms with Gasteiger partial charge in [0.1, 0.15) is 24.4 Å². The van der Waals surface area contributed by atoms with Crippen LogP contribution in [0.15, 0.2) is 24.3 Å². The molecule has 276 valence electrons. The summed E-state index contributed by atoms with van der Waals surface area (Å²) >= 11 is 0. The van der Waals surface area contributed by atoms with Gasteiger partial charge in [-0.25, -0.2) is 0 Å². The molecule has 0 bridgehead atoms. The molecule has 1 fully saturated rings. The minimum absolute atomic E-state index is 0.209. The van der Waals surface area contributed by atoms with Crippen LogP contribution in [0.25, 0.3) is 0 Å². The number of unbranched alkanes of at least 4 members (excludes halogenated alkanes) is 19. The van der Waals surface area contributed by atoms with Gasteiger partial charge in [-0.1, -0.05) is 147 Å². The predicted octanol–water partition coefficient (Wildman–Crippen LogP) is 6.38. The summed E-state index contributed by atoms with van der Waals surface area (Å²) in [4.78, 5) is 12.0. The van der Waals surface area contributed by atoms with E-state index in [2.05, 4.69) is 24.4 Å². The van der Waals surface area contributed by atoms with E-state index >= 15 is 0 Å². The van der Waals surface area contributed by atoms with Gasteiger partial charge in [0.2, 0.25) is 5.91 Å². The first-order chi connectivity index (χ1) is 22.8. The molecule has 0 spiro atoms. The predicted molar refractivity (Wildman–Crippen MR) is 189 cm³/mol. The Morgan fingerprint density at radius 2 is 1.19 bits per heavy atom. The molecule has 1 saturated heterocycles. The Labute approximate surface area is 286 Å². The summed E-state index contributed by atoms with van der Waals surface area (Å²) in [6, 6.07) is -0.814. The van der Waals surface area contributed by atoms with Gasteiger partial charge < -0.3 is 40.3 Å². The standard InChI is InChI=1S/C38H71NO8/c1-3-5-6-7-8-9-10-11-12-13-14-15-16-17-18-19-20-21-22-23-24-25-26-27-28-32(41)31(39-34(42)4-2)30-46-38-37(45)36(44)35(43)33(29-40)47-38/h23-24,27-28,31-33,35-38,40-41,43-45H,3-22,25-26,29-30H2,1-2H3,(H,39,42)/b24-23+,28-27+. The number of ether oxygens (including phenoxy) is 2. The number of aliphatic hydroxyl groups excluding tert-OH is 5. The fraction of sp³-hybridized carbons (Fsp3) is 0.868. The first-order valence-corrected chi connectivity index (χ1v) is 19.1. The third-order valence-electron chi connectivity index (χ3n) is 9.09. The average Bonchev–Trinajstić information content (AvgIpc) is 3.07. The molecule has 9 nitrogen and oxygen atoms in total. The van der Waals surface area contributed by atoms with E-state index in [0.29, 0.717) is 0 Å². The van der Waals surface area contributed by atoms with Crippen LogP contribution in [-0.2, 0) is 14.3 Å². The van der Waals surface area contributed by atoms with Crippen molar-refractivity contribution in [1.29, 1.82) is 0 Å². The second-order valence-electron chi connectivity index (χ2n) is 13.3. The molecule has 0 aromatic carbocycles. The first-order valence-electron chi connectivity index (χ1n) is 19.1. The summed E-state index contributed by atoms with van der Waals surface area (Å²) in [6.45, 7) is 3.20. The quantitative estimate of drug-likeness (QED) is 0.0381. The lowest BCUT2D eigenvalue weighted by atomic mass is 9.99. The van der Waals surface area contributed by atoms with Gasteiger partial charge in [0, 0.05) is 6.42 Å². The largest absolute Gasteiger partial charge is 0.394 e. The lowest BCUT2D eigenvalue weighted by Gasteiger charge is -2.40. The minimum Gasteiger partial charge on any atom is -0.394 e. The smallest absolute Gasteiger partial charge is 0.220 e. The van der Waals surface area contributed by atoms with Crippen molar-refractivity contribution >= 4 is 5.91 Å². The monoisotopic (exact) mass is 670 g/mol. The summed E-state index contributed by atoms with van der Waals surface area (Å²) < 4.78 is 10.9. The zero-order valence-corrected chi connectivity index (χ0v) is 29.8. The Bertz CT molecular complexity index is 792. The van der Waals surface area contributed by atoms with Gasteiger partial charge in [0.25, 0.3) is 0 Å². The molecule has 0 aromatic heterocycles. The fourth-order valence-electron chi connectivity index (χ4n) is 5.90. The van der Waals surface area contributed by atoms with Crippen LogP contribution in [0.2, 0.25) is 0 Å². The molecule has 9 heteroatoms. The van der Waals surface area contributed by atoms with E-state index in [9.17, 15) is 30.3 Å². The maximum Gasteiger partial charge on any atom is 0.220 e. The van der Waals surface area contributed by atoms with Crippen molar-refractivity contribution in [2.45, 2.75) is 198 Å². The van der Waals surface area contributed by atoms with Crippen molar-refractivity contribution in [3.05, 3.63) is 24.3 Å². The third-order valence-corrected chi connectivity index (χ3v) is 9.09. The number of carbonyl (C=O) groups is 1. The molecular weight excluding hydrogens is 598 g/mol. The highest BCUT2D eigenvalue weighted by atomic mass is 16.7. The molecule has 1 heterocycles. The van der Waals surface area contributed by atoms with E-state index in [4.69, 9.17) is 9.47 Å². The topological polar surface area (TPSA) is 149 Å². The van der Waals surface area contributed by atoms with Crippen molar-refractivity contribution < 1.29 is 39.8 Å². The van der Waals surface area contributed by atoms with Gasteiger partial charge in [-0.05, 0) is 25.7 Å². The van der Waals surface area contributed by atoms with Crippen LogP contribution in [0, 0.1) is 0 Å². The molecule has 1 rings (SSSR count). The van der Waals surface area contributed by atoms with E-state index in [-0.39, 0.29) is 18.9 Å². The molecule has 47 heavy (non-hydrogen) atoms. The van der Waals surface area contributed by atoms with Crippen molar-refractivity contribution in [2.75, 3.05) is 13.2 Å². The van der Waals surface area contributed by atoms with Crippen molar-refractivity contribution in [3.8, 4) is 0 Å². The molecule has 7 atom stereocenters. The number of hydrogen-bond donors (Lipinski definition) is 6. The first kappa shape index (κ1) is 43.7. The number of hydrogen-bond acceptors (Lipinski definition) is 8. The van der Waals surface area contributed by atoms with E-state index in [1.165, 1.54) is 116 Å². The minimum atomic E-state index is -1.56. The van der Waals surface area contributed by atoms with Crippen LogP contribution in [0.4, 0.5) is 0 Å².